The molecular formula is C17H13F3N2. The van der Waals surface area contributed by atoms with Crippen molar-refractivity contribution in [2.24, 2.45) is 0 Å². The fourth-order valence-corrected chi connectivity index (χ4v) is 2.65. The van der Waals surface area contributed by atoms with E-state index in [1.807, 2.05) is 0 Å². The average molecular weight is 302 g/mol. The van der Waals surface area contributed by atoms with E-state index in [9.17, 15) is 13.2 Å². The lowest BCUT2D eigenvalue weighted by Crippen LogP contribution is -2.11. The van der Waals surface area contributed by atoms with E-state index in [1.165, 1.54) is 12.1 Å². The van der Waals surface area contributed by atoms with Gasteiger partial charge >= 0.3 is 6.18 Å². The summed E-state index contributed by atoms with van der Waals surface area (Å²) in [5.41, 5.74) is 2.33. The van der Waals surface area contributed by atoms with Crippen LogP contribution in [0.4, 0.5) is 13.2 Å². The zero-order valence-electron chi connectivity index (χ0n) is 11.7. The van der Waals surface area contributed by atoms with E-state index in [1.54, 1.807) is 0 Å². The van der Waals surface area contributed by atoms with Crippen molar-refractivity contribution in [3.63, 3.8) is 0 Å². The van der Waals surface area contributed by atoms with Crippen LogP contribution in [0.5, 0.6) is 0 Å². The molecule has 1 aromatic carbocycles. The van der Waals surface area contributed by atoms with Gasteiger partial charge in [0.05, 0.1) is 5.56 Å². The Morgan fingerprint density at radius 1 is 1.00 bits per heavy atom. The summed E-state index contributed by atoms with van der Waals surface area (Å²) in [6.07, 6.45) is 4.96. The topological polar surface area (TPSA) is 25.8 Å². The molecule has 3 rings (SSSR count). The van der Waals surface area contributed by atoms with Crippen LogP contribution >= 0.6 is 0 Å². The number of benzene rings is 1. The van der Waals surface area contributed by atoms with Crippen LogP contribution in [0.1, 0.15) is 35.4 Å². The van der Waals surface area contributed by atoms with Crippen molar-refractivity contribution in [1.29, 1.82) is 0 Å². The maximum absolute atomic E-state index is 12.6. The molecule has 0 aliphatic heterocycles. The first-order chi connectivity index (χ1) is 10.5. The Labute approximate surface area is 126 Å². The molecule has 1 aliphatic carbocycles. The van der Waals surface area contributed by atoms with Crippen molar-refractivity contribution in [1.82, 2.24) is 9.97 Å². The third-order valence-corrected chi connectivity index (χ3v) is 3.79. The number of rotatable bonds is 1. The van der Waals surface area contributed by atoms with Crippen LogP contribution in [-0.4, -0.2) is 9.97 Å². The van der Waals surface area contributed by atoms with E-state index in [-0.39, 0.29) is 0 Å². The highest BCUT2D eigenvalue weighted by Gasteiger charge is 2.30. The van der Waals surface area contributed by atoms with E-state index < -0.39 is 11.7 Å². The molecule has 0 spiro atoms. The minimum Gasteiger partial charge on any atom is -0.233 e. The first kappa shape index (κ1) is 14.6. The normalized spacial score (nSPS) is 14.3. The SMILES string of the molecule is C#Cc1nc(-c2ccc(C(F)(F)F)cc2)nc2c1CCCC2. The number of aryl methyl sites for hydroxylation is 1. The minimum atomic E-state index is -4.35. The van der Waals surface area contributed by atoms with Crippen LogP contribution in [-0.2, 0) is 19.0 Å². The summed E-state index contributed by atoms with van der Waals surface area (Å²) in [5, 5.41) is 0. The van der Waals surface area contributed by atoms with Gasteiger partial charge in [-0.2, -0.15) is 13.2 Å². The predicted octanol–water partition coefficient (Wildman–Crippen LogP) is 4.02. The number of nitrogens with zero attached hydrogens (tertiary/aromatic N) is 2. The third kappa shape index (κ3) is 2.69. The van der Waals surface area contributed by atoms with Crippen molar-refractivity contribution >= 4 is 0 Å². The highest BCUT2D eigenvalue weighted by Crippen LogP contribution is 2.31. The lowest BCUT2D eigenvalue weighted by atomic mass is 9.94. The molecule has 0 fully saturated rings. The molecule has 0 N–H and O–H groups in total. The Kier molecular flexibility index (Phi) is 3.61. The van der Waals surface area contributed by atoms with E-state index in [0.717, 1.165) is 49.1 Å². The number of aromatic nitrogens is 2. The van der Waals surface area contributed by atoms with Gasteiger partial charge < -0.3 is 0 Å². The first-order valence-electron chi connectivity index (χ1n) is 7.03. The molecule has 0 radical (unpaired) electrons. The van der Waals surface area contributed by atoms with Crippen LogP contribution in [0, 0.1) is 12.3 Å². The zero-order chi connectivity index (χ0) is 15.7. The van der Waals surface area contributed by atoms with E-state index >= 15 is 0 Å². The fraction of sp³-hybridized carbons (Fsp3) is 0.294. The molecule has 0 saturated carbocycles. The van der Waals surface area contributed by atoms with Gasteiger partial charge in [0, 0.05) is 16.8 Å². The van der Waals surface area contributed by atoms with Gasteiger partial charge in [-0.25, -0.2) is 9.97 Å². The average Bonchev–Trinajstić information content (AvgIpc) is 2.53. The summed E-state index contributed by atoms with van der Waals surface area (Å²) in [7, 11) is 0. The van der Waals surface area contributed by atoms with Crippen LogP contribution in [0.2, 0.25) is 0 Å². The van der Waals surface area contributed by atoms with Gasteiger partial charge in [0.2, 0.25) is 0 Å². The van der Waals surface area contributed by atoms with Gasteiger partial charge in [-0.1, -0.05) is 12.1 Å². The lowest BCUT2D eigenvalue weighted by Gasteiger charge is -2.17. The quantitative estimate of drug-likeness (QED) is 0.744. The largest absolute Gasteiger partial charge is 0.416 e. The van der Waals surface area contributed by atoms with Gasteiger partial charge in [-0.05, 0) is 43.7 Å². The maximum Gasteiger partial charge on any atom is 0.416 e. The number of terminal acetylenes is 1. The molecule has 0 bridgehead atoms. The summed E-state index contributed by atoms with van der Waals surface area (Å²) < 4.78 is 37.8. The second-order valence-corrected chi connectivity index (χ2v) is 5.25. The summed E-state index contributed by atoms with van der Waals surface area (Å²) in [4.78, 5) is 8.83. The Morgan fingerprint density at radius 3 is 2.32 bits per heavy atom. The van der Waals surface area contributed by atoms with Crippen molar-refractivity contribution < 1.29 is 13.2 Å². The van der Waals surface area contributed by atoms with Crippen LogP contribution < -0.4 is 0 Å². The van der Waals surface area contributed by atoms with E-state index in [4.69, 9.17) is 6.42 Å². The molecule has 0 saturated heterocycles. The number of fused-ring (bicyclic) bond motifs is 1. The summed E-state index contributed by atoms with van der Waals surface area (Å²) >= 11 is 0. The summed E-state index contributed by atoms with van der Waals surface area (Å²) in [5.74, 6) is 2.96. The Hall–Kier alpha value is -2.35. The number of halogens is 3. The van der Waals surface area contributed by atoms with Crippen LogP contribution in [0.3, 0.4) is 0 Å². The molecule has 0 atom stereocenters. The predicted molar refractivity (Wildman–Crippen MR) is 77.0 cm³/mol. The van der Waals surface area contributed by atoms with Gasteiger partial charge in [0.25, 0.3) is 0 Å². The second-order valence-electron chi connectivity index (χ2n) is 5.25. The molecule has 0 amide bonds. The smallest absolute Gasteiger partial charge is 0.233 e. The Balaban J connectivity index is 2.04. The molecule has 0 unspecified atom stereocenters. The molecule has 112 valence electrons. The van der Waals surface area contributed by atoms with Crippen molar-refractivity contribution in [3.05, 3.63) is 46.8 Å². The van der Waals surface area contributed by atoms with Crippen molar-refractivity contribution in [2.45, 2.75) is 31.9 Å². The monoisotopic (exact) mass is 302 g/mol. The van der Waals surface area contributed by atoms with E-state index in [0.29, 0.717) is 17.1 Å². The van der Waals surface area contributed by atoms with Gasteiger partial charge in [0.15, 0.2) is 5.82 Å². The lowest BCUT2D eigenvalue weighted by molar-refractivity contribution is -0.137. The molecule has 22 heavy (non-hydrogen) atoms. The number of hydrogen-bond donors (Lipinski definition) is 0. The summed E-state index contributed by atoms with van der Waals surface area (Å²) in [6.45, 7) is 0. The number of alkyl halides is 3. The molecule has 1 aromatic heterocycles. The molecule has 2 nitrogen and oxygen atoms in total. The highest BCUT2D eigenvalue weighted by atomic mass is 19.4. The Bertz CT molecular complexity index is 740. The third-order valence-electron chi connectivity index (χ3n) is 3.79. The Morgan fingerprint density at radius 2 is 1.68 bits per heavy atom. The molecule has 5 heteroatoms. The second kappa shape index (κ2) is 5.45. The molecule has 1 aliphatic rings. The zero-order valence-corrected chi connectivity index (χ0v) is 11.7. The highest BCUT2D eigenvalue weighted by molar-refractivity contribution is 5.58. The molecule has 2 aromatic rings. The maximum atomic E-state index is 12.6. The van der Waals surface area contributed by atoms with Crippen LogP contribution in [0.15, 0.2) is 24.3 Å². The van der Waals surface area contributed by atoms with Crippen LogP contribution in [0.25, 0.3) is 11.4 Å². The van der Waals surface area contributed by atoms with Gasteiger partial charge in [-0.3, -0.25) is 0 Å². The summed E-state index contributed by atoms with van der Waals surface area (Å²) in [6, 6.07) is 4.84. The standard InChI is InChI=1S/C17H13F3N2/c1-2-14-13-5-3-4-6-15(13)22-16(21-14)11-7-9-12(10-8-11)17(18,19)20/h1,7-10H,3-6H2. The van der Waals surface area contributed by atoms with Gasteiger partial charge in [0.1, 0.15) is 5.69 Å². The molecular weight excluding hydrogens is 289 g/mol. The number of hydrogen-bond acceptors (Lipinski definition) is 2. The first-order valence-corrected chi connectivity index (χ1v) is 7.03. The van der Waals surface area contributed by atoms with Gasteiger partial charge in [-0.15, -0.1) is 6.42 Å². The van der Waals surface area contributed by atoms with Crippen molar-refractivity contribution in [2.75, 3.05) is 0 Å². The fourth-order valence-electron chi connectivity index (χ4n) is 2.65. The van der Waals surface area contributed by atoms with Crippen molar-refractivity contribution in [3.8, 4) is 23.7 Å². The van der Waals surface area contributed by atoms with E-state index in [2.05, 4.69) is 15.9 Å². The molecule has 1 heterocycles. The minimum absolute atomic E-state index is 0.391.